The summed E-state index contributed by atoms with van der Waals surface area (Å²) in [6.07, 6.45) is -6.64. The fraction of sp³-hybridized carbons (Fsp3) is 0.732. The number of aliphatic hydroxyl groups excluding tert-OH is 8. The number of carboxylic acids is 4. The monoisotopic (exact) mass is 1240 g/mol. The minimum Gasteiger partial charge on any atom is -0.550 e. The van der Waals surface area contributed by atoms with Gasteiger partial charge >= 0.3 is 18.0 Å². The van der Waals surface area contributed by atoms with Gasteiger partial charge in [-0.25, -0.2) is 4.79 Å². The van der Waals surface area contributed by atoms with Crippen molar-refractivity contribution in [2.45, 2.75) is 235 Å². The van der Waals surface area contributed by atoms with Gasteiger partial charge in [0.15, 0.2) is 29.2 Å². The second-order valence-electron chi connectivity index (χ2n) is 21.6. The van der Waals surface area contributed by atoms with Crippen LogP contribution in [-0.2, 0) is 59.2 Å². The number of Topliss-reactive ketones (excluding diaryl/α,β-unsaturated/α-hetero) is 2. The number of carbonyl (C=O) groups excluding carboxylic acids is 7. The predicted octanol–water partition coefficient (Wildman–Crippen LogP) is -4.45. The molecule has 2 heterocycles. The lowest BCUT2D eigenvalue weighted by atomic mass is 9.89. The number of unbranched alkanes of at least 4 members (excludes halogenated alkanes) is 8. The highest BCUT2D eigenvalue weighted by atomic mass is 16.7. The van der Waals surface area contributed by atoms with E-state index in [1.54, 1.807) is 24.3 Å². The summed E-state index contributed by atoms with van der Waals surface area (Å²) in [5.41, 5.74) is 4.57. The maximum Gasteiger partial charge on any atom is 0.408 e. The molecule has 0 aromatic heterocycles. The van der Waals surface area contributed by atoms with Crippen molar-refractivity contribution in [3.05, 3.63) is 35.9 Å². The van der Waals surface area contributed by atoms with E-state index in [0.717, 1.165) is 32.3 Å². The van der Waals surface area contributed by atoms with E-state index in [4.69, 9.17) is 44.2 Å². The zero-order chi connectivity index (χ0) is 66.1. The lowest BCUT2D eigenvalue weighted by Gasteiger charge is -2.45. The maximum atomic E-state index is 13.0. The van der Waals surface area contributed by atoms with Crippen LogP contribution in [0.4, 0.5) is 4.79 Å². The molecule has 3 rings (SSSR count). The Hall–Kier alpha value is -5.87. The van der Waals surface area contributed by atoms with Crippen molar-refractivity contribution in [1.82, 2.24) is 16.0 Å². The molecule has 16 atom stereocenters. The average molecular weight is 1240 g/mol. The van der Waals surface area contributed by atoms with E-state index in [-0.39, 0.29) is 50.4 Å². The van der Waals surface area contributed by atoms with Crippen LogP contribution in [0.1, 0.15) is 150 Å². The smallest absolute Gasteiger partial charge is 0.408 e. The summed E-state index contributed by atoms with van der Waals surface area (Å²) >= 11 is 0. The SMILES string of the molecule is CC(=O)[O-].CC(=O)[O-].C[C@H](CC(=O)[C@H](C)NC(=O)[C@@H]([NH3+])CCCCCCCC1(O)O[C@H](CO)[C@H](O)[C@H](O)[C@H]1O)C(=O)O.C[C@H](CC(=O)[C@H](C)NC(=O)[C@H](CCCCCCCC1(O)O[C@H](CO)[C@H](O)[C@H](O)[C@H]1O)NC(=O)OCc1ccccc1)C(=O)O. The number of hydrogen-bond acceptors (Lipinski definition) is 24. The number of nitrogens with one attached hydrogen (secondary N) is 3. The topological polar surface area (TPSA) is 534 Å². The number of quaternary nitrogens is 1. The van der Waals surface area contributed by atoms with Crippen molar-refractivity contribution >= 4 is 53.4 Å². The van der Waals surface area contributed by atoms with Crippen LogP contribution in [0.5, 0.6) is 0 Å². The minimum absolute atomic E-state index is 0.0111. The first-order chi connectivity index (χ1) is 40.1. The quantitative estimate of drug-likeness (QED) is 0.0295. The molecule has 1 aromatic carbocycles. The summed E-state index contributed by atoms with van der Waals surface area (Å²) in [5.74, 6) is -12.1. The average Bonchev–Trinajstić information content (AvgIpc) is 1.48. The van der Waals surface area contributed by atoms with Crippen LogP contribution in [0.25, 0.3) is 0 Å². The van der Waals surface area contributed by atoms with E-state index in [9.17, 15) is 84.6 Å². The van der Waals surface area contributed by atoms with Gasteiger partial charge in [0.1, 0.15) is 61.5 Å². The summed E-state index contributed by atoms with van der Waals surface area (Å²) in [7, 11) is 0. The molecular formula is C56H93N4O26-. The van der Waals surface area contributed by atoms with E-state index in [0.29, 0.717) is 57.8 Å². The lowest BCUT2D eigenvalue weighted by Crippen LogP contribution is -2.68. The molecule has 30 heteroatoms. The number of aliphatic hydroxyl groups is 10. The molecule has 1 aromatic rings. The standard InChI is InChI=1S/C30H46N2O12.C22H40N2O10.2C2H4O2/c1-18(28(39)40)15-22(34)19(2)31-27(38)21(32-29(41)43-17-20-11-7-6-8-12-20)13-9-4-3-5-10-14-30(42)26(37)25(36)24(35)23(16-33)44-30;1-12(21(31)32)10-15(26)13(2)24-20(30)14(23)8-6-4-3-5-7-9-22(33)19(29)18(28)17(27)16(11-25)34-22;2*1-2(3)4/h6-8,11-12,18-19,21,23-26,33,35-37,42H,3-5,9-10,13-17H2,1-2H3,(H,31,38)(H,32,41)(H,39,40);12-14,16-19,25,27-29,33H,3-11,23H2,1-2H3,(H,24,30)(H,31,32);2*1H3,(H,3,4)/p-1/t18-,19+,21+,23-,24+,25+,26-,30?;12-,13+,14+,16-,17+,18+,19-,22?;;/m11../s1. The molecule has 494 valence electrons. The van der Waals surface area contributed by atoms with Crippen molar-refractivity contribution in [3.63, 3.8) is 0 Å². The molecule has 0 bridgehead atoms. The molecule has 0 aliphatic carbocycles. The Bertz CT molecular complexity index is 2210. The highest BCUT2D eigenvalue weighted by Gasteiger charge is 2.53. The number of ether oxygens (including phenoxy) is 3. The summed E-state index contributed by atoms with van der Waals surface area (Å²) in [5, 5.41) is 143. The highest BCUT2D eigenvalue weighted by Crippen LogP contribution is 2.34. The molecule has 86 heavy (non-hydrogen) atoms. The summed E-state index contributed by atoms with van der Waals surface area (Å²) < 4.78 is 15.7. The molecule has 3 amide bonds. The van der Waals surface area contributed by atoms with Crippen LogP contribution < -0.4 is 31.9 Å². The zero-order valence-electron chi connectivity index (χ0n) is 49.7. The van der Waals surface area contributed by atoms with Gasteiger partial charge in [-0.05, 0) is 58.9 Å². The third-order valence-corrected chi connectivity index (χ3v) is 14.0. The molecular weight excluding hydrogens is 1140 g/mol. The van der Waals surface area contributed by atoms with Gasteiger partial charge in [0.25, 0.3) is 5.91 Å². The Kier molecular flexibility index (Phi) is 38.5. The Balaban J connectivity index is 0.00000153. The molecule has 2 aliphatic heterocycles. The van der Waals surface area contributed by atoms with Crippen LogP contribution >= 0.6 is 0 Å². The second kappa shape index (κ2) is 41.3. The zero-order valence-corrected chi connectivity index (χ0v) is 49.7. The molecule has 30 nitrogen and oxygen atoms in total. The second-order valence-corrected chi connectivity index (χ2v) is 21.6. The molecule has 0 radical (unpaired) electrons. The molecule has 2 saturated heterocycles. The van der Waals surface area contributed by atoms with Gasteiger partial charge in [-0.1, -0.05) is 89.1 Å². The van der Waals surface area contributed by atoms with Crippen LogP contribution in [-0.4, -0.2) is 212 Å². The number of aliphatic carboxylic acids is 4. The highest BCUT2D eigenvalue weighted by molar-refractivity contribution is 5.93. The number of alkyl carbamates (subject to hydrolysis) is 1. The Morgan fingerprint density at radius 3 is 1.31 bits per heavy atom. The Morgan fingerprint density at radius 2 is 0.930 bits per heavy atom. The number of carbonyl (C=O) groups is 9. The summed E-state index contributed by atoms with van der Waals surface area (Å²) in [4.78, 5) is 102. The van der Waals surface area contributed by atoms with Gasteiger partial charge in [0.2, 0.25) is 5.91 Å². The van der Waals surface area contributed by atoms with E-state index in [1.807, 2.05) is 6.07 Å². The first-order valence-corrected chi connectivity index (χ1v) is 28.5. The summed E-state index contributed by atoms with van der Waals surface area (Å²) in [6, 6.07) is 5.62. The van der Waals surface area contributed by atoms with Crippen LogP contribution in [0.3, 0.4) is 0 Å². The molecule has 2 unspecified atom stereocenters. The Morgan fingerprint density at radius 1 is 0.570 bits per heavy atom. The van der Waals surface area contributed by atoms with E-state index < -0.39 is 151 Å². The number of ketones is 2. The van der Waals surface area contributed by atoms with Crippen LogP contribution in [0, 0.1) is 11.8 Å². The van der Waals surface area contributed by atoms with Crippen LogP contribution in [0.15, 0.2) is 30.3 Å². The minimum atomic E-state index is -2.13. The normalized spacial score (nSPS) is 25.3. The number of carboxylic acid groups (broad SMARTS) is 4. The molecule has 0 spiro atoms. The third-order valence-electron chi connectivity index (χ3n) is 14.0. The lowest BCUT2D eigenvalue weighted by molar-refractivity contribution is -0.405. The molecule has 18 N–H and O–H groups in total. The predicted molar refractivity (Wildman–Crippen MR) is 294 cm³/mol. The van der Waals surface area contributed by atoms with Crippen molar-refractivity contribution in [2.75, 3.05) is 13.2 Å². The third kappa shape index (κ3) is 30.7. The van der Waals surface area contributed by atoms with E-state index in [2.05, 4.69) is 21.7 Å². The number of amides is 3. The van der Waals surface area contributed by atoms with Gasteiger partial charge in [-0.15, -0.1) is 0 Å². The fourth-order valence-electron chi connectivity index (χ4n) is 8.66. The van der Waals surface area contributed by atoms with E-state index in [1.165, 1.54) is 27.7 Å². The largest absolute Gasteiger partial charge is 0.550 e. The first kappa shape index (κ1) is 80.1. The number of rotatable bonds is 33. The summed E-state index contributed by atoms with van der Waals surface area (Å²) in [6.45, 7) is 6.47. The Labute approximate surface area is 499 Å². The van der Waals surface area contributed by atoms with Gasteiger partial charge in [0, 0.05) is 44.0 Å². The number of hydrogen-bond donors (Lipinski definition) is 16. The van der Waals surface area contributed by atoms with Crippen molar-refractivity contribution in [3.8, 4) is 0 Å². The maximum absolute atomic E-state index is 13.0. The van der Waals surface area contributed by atoms with Gasteiger partial charge in [0.05, 0.1) is 37.1 Å². The number of benzene rings is 1. The van der Waals surface area contributed by atoms with Gasteiger partial charge in [-0.3, -0.25) is 28.8 Å². The van der Waals surface area contributed by atoms with Crippen LogP contribution in [0.2, 0.25) is 0 Å². The fourth-order valence-corrected chi connectivity index (χ4v) is 8.66. The van der Waals surface area contributed by atoms with Crippen molar-refractivity contribution < 1.29 is 135 Å². The van der Waals surface area contributed by atoms with Crippen molar-refractivity contribution in [2.24, 2.45) is 11.8 Å². The van der Waals surface area contributed by atoms with Gasteiger partial charge in [-0.2, -0.15) is 0 Å². The van der Waals surface area contributed by atoms with E-state index >= 15 is 0 Å². The first-order valence-electron chi connectivity index (χ1n) is 28.5. The van der Waals surface area contributed by atoms with Crippen molar-refractivity contribution in [1.29, 1.82) is 0 Å². The molecule has 2 fully saturated rings. The molecule has 0 saturated carbocycles. The molecule has 2 aliphatic rings. The van der Waals surface area contributed by atoms with Gasteiger partial charge < -0.3 is 117 Å².